The molecule has 7 nitrogen and oxygen atoms in total. The zero-order valence-corrected chi connectivity index (χ0v) is 19.7. The van der Waals surface area contributed by atoms with E-state index in [0.29, 0.717) is 25.8 Å². The molecule has 0 radical (unpaired) electrons. The zero-order valence-electron chi connectivity index (χ0n) is 19.7. The van der Waals surface area contributed by atoms with Gasteiger partial charge in [-0.1, -0.05) is 68.3 Å². The van der Waals surface area contributed by atoms with Crippen LogP contribution in [0, 0.1) is 0 Å². The molecule has 1 atom stereocenters. The van der Waals surface area contributed by atoms with E-state index in [4.69, 9.17) is 9.84 Å². The van der Waals surface area contributed by atoms with Crippen molar-refractivity contribution in [3.05, 3.63) is 59.7 Å². The highest BCUT2D eigenvalue weighted by molar-refractivity contribution is 5.79. The Morgan fingerprint density at radius 3 is 2.24 bits per heavy atom. The number of aliphatic carboxylic acids is 1. The largest absolute Gasteiger partial charge is 0.481 e. The number of hydrogen-bond donors (Lipinski definition) is 3. The van der Waals surface area contributed by atoms with Gasteiger partial charge in [-0.2, -0.15) is 0 Å². The first-order chi connectivity index (χ1) is 16.5. The number of carboxylic acid groups (broad SMARTS) is 1. The molecule has 2 aromatic carbocycles. The highest BCUT2D eigenvalue weighted by Gasteiger charge is 2.29. The fourth-order valence-electron chi connectivity index (χ4n) is 4.41. The van der Waals surface area contributed by atoms with Crippen molar-refractivity contribution in [3.8, 4) is 11.1 Å². The number of hydrogen-bond acceptors (Lipinski definition) is 4. The van der Waals surface area contributed by atoms with E-state index in [1.807, 2.05) is 24.3 Å². The predicted molar refractivity (Wildman–Crippen MR) is 131 cm³/mol. The lowest BCUT2D eigenvalue weighted by molar-refractivity contribution is -0.137. The molecule has 182 valence electrons. The van der Waals surface area contributed by atoms with Crippen LogP contribution in [0.2, 0.25) is 0 Å². The maximum absolute atomic E-state index is 12.6. The summed E-state index contributed by atoms with van der Waals surface area (Å²) >= 11 is 0. The Hall–Kier alpha value is -3.35. The van der Waals surface area contributed by atoms with Crippen LogP contribution >= 0.6 is 0 Å². The standard InChI is InChI=1S/C27H34N2O5/c1-2-3-10-19(17-25(30)28-16-9-8-15-26(31)32)29-27(33)34-18-24-22-13-6-4-11-20(22)21-12-5-7-14-23(21)24/h4-7,11-14,19,24H,2-3,8-10,15-18H2,1H3,(H,28,30)(H,29,33)(H,31,32). The number of rotatable bonds is 13. The molecule has 1 aliphatic rings. The molecule has 1 aliphatic carbocycles. The summed E-state index contributed by atoms with van der Waals surface area (Å²) in [5.74, 6) is -1.00. The van der Waals surface area contributed by atoms with Gasteiger partial charge in [0.2, 0.25) is 5.91 Å². The van der Waals surface area contributed by atoms with E-state index in [1.54, 1.807) is 0 Å². The summed E-state index contributed by atoms with van der Waals surface area (Å²) in [5.41, 5.74) is 4.66. The van der Waals surface area contributed by atoms with Gasteiger partial charge in [0, 0.05) is 31.3 Å². The van der Waals surface area contributed by atoms with Gasteiger partial charge < -0.3 is 20.5 Å². The molecule has 0 saturated carbocycles. The molecule has 0 fully saturated rings. The Morgan fingerprint density at radius 2 is 1.62 bits per heavy atom. The van der Waals surface area contributed by atoms with Crippen molar-refractivity contribution < 1.29 is 24.2 Å². The minimum atomic E-state index is -0.835. The Labute approximate surface area is 200 Å². The number of nitrogens with one attached hydrogen (secondary N) is 2. The van der Waals surface area contributed by atoms with E-state index in [0.717, 1.165) is 24.0 Å². The number of carboxylic acids is 1. The topological polar surface area (TPSA) is 105 Å². The minimum Gasteiger partial charge on any atom is -0.481 e. The minimum absolute atomic E-state index is 0.0126. The third kappa shape index (κ3) is 7.07. The summed E-state index contributed by atoms with van der Waals surface area (Å²) in [4.78, 5) is 35.5. The van der Waals surface area contributed by atoms with E-state index < -0.39 is 12.1 Å². The second kappa shape index (κ2) is 12.8. The predicted octanol–water partition coefficient (Wildman–Crippen LogP) is 4.85. The summed E-state index contributed by atoms with van der Waals surface area (Å²) < 4.78 is 5.63. The maximum Gasteiger partial charge on any atom is 0.407 e. The molecule has 1 unspecified atom stereocenters. The number of carbonyl (C=O) groups is 3. The fourth-order valence-corrected chi connectivity index (χ4v) is 4.41. The number of ether oxygens (including phenoxy) is 1. The summed E-state index contributed by atoms with van der Waals surface area (Å²) in [6, 6.07) is 16.1. The SMILES string of the molecule is CCCCC(CC(=O)NCCCCC(=O)O)NC(=O)OCC1c2ccccc2-c2ccccc21. The quantitative estimate of drug-likeness (QED) is 0.366. The van der Waals surface area contributed by atoms with Crippen LogP contribution in [-0.2, 0) is 14.3 Å². The van der Waals surface area contributed by atoms with Crippen LogP contribution in [-0.4, -0.2) is 42.3 Å². The van der Waals surface area contributed by atoms with Gasteiger partial charge in [-0.25, -0.2) is 4.79 Å². The van der Waals surface area contributed by atoms with Gasteiger partial charge in [-0.3, -0.25) is 9.59 Å². The number of amides is 2. The second-order valence-electron chi connectivity index (χ2n) is 8.71. The summed E-state index contributed by atoms with van der Waals surface area (Å²) in [6.07, 6.45) is 3.41. The fraction of sp³-hybridized carbons (Fsp3) is 0.444. The van der Waals surface area contributed by atoms with Gasteiger partial charge in [-0.15, -0.1) is 0 Å². The highest BCUT2D eigenvalue weighted by Crippen LogP contribution is 2.44. The molecule has 34 heavy (non-hydrogen) atoms. The van der Waals surface area contributed by atoms with E-state index in [-0.39, 0.29) is 37.3 Å². The van der Waals surface area contributed by atoms with Crippen molar-refractivity contribution in [1.82, 2.24) is 10.6 Å². The smallest absolute Gasteiger partial charge is 0.407 e. The molecule has 0 aliphatic heterocycles. The first-order valence-electron chi connectivity index (χ1n) is 12.1. The van der Waals surface area contributed by atoms with Gasteiger partial charge in [0.25, 0.3) is 0 Å². The number of unbranched alkanes of at least 4 members (excludes halogenated alkanes) is 2. The Balaban J connectivity index is 1.51. The molecule has 0 bridgehead atoms. The van der Waals surface area contributed by atoms with E-state index >= 15 is 0 Å². The zero-order chi connectivity index (χ0) is 24.3. The normalized spacial score (nSPS) is 13.0. The monoisotopic (exact) mass is 466 g/mol. The third-order valence-electron chi connectivity index (χ3n) is 6.14. The van der Waals surface area contributed by atoms with Crippen molar-refractivity contribution in [2.75, 3.05) is 13.2 Å². The van der Waals surface area contributed by atoms with Gasteiger partial charge >= 0.3 is 12.1 Å². The number of alkyl carbamates (subject to hydrolysis) is 1. The number of carbonyl (C=O) groups excluding carboxylic acids is 2. The van der Waals surface area contributed by atoms with E-state index in [2.05, 4.69) is 41.8 Å². The van der Waals surface area contributed by atoms with Crippen LogP contribution in [0.5, 0.6) is 0 Å². The van der Waals surface area contributed by atoms with Gasteiger partial charge in [0.05, 0.1) is 0 Å². The Morgan fingerprint density at radius 1 is 0.971 bits per heavy atom. The van der Waals surface area contributed by atoms with Crippen molar-refractivity contribution in [2.24, 2.45) is 0 Å². The molecule has 0 saturated heterocycles. The number of fused-ring (bicyclic) bond motifs is 3. The molecular weight excluding hydrogens is 432 g/mol. The molecule has 3 rings (SSSR count). The van der Waals surface area contributed by atoms with E-state index in [9.17, 15) is 14.4 Å². The molecule has 2 amide bonds. The van der Waals surface area contributed by atoms with Crippen LogP contribution in [0.25, 0.3) is 11.1 Å². The van der Waals surface area contributed by atoms with Gasteiger partial charge in [0.15, 0.2) is 0 Å². The maximum atomic E-state index is 12.6. The lowest BCUT2D eigenvalue weighted by atomic mass is 9.98. The second-order valence-corrected chi connectivity index (χ2v) is 8.71. The third-order valence-corrected chi connectivity index (χ3v) is 6.14. The van der Waals surface area contributed by atoms with Crippen molar-refractivity contribution >= 4 is 18.0 Å². The van der Waals surface area contributed by atoms with Crippen LogP contribution in [0.15, 0.2) is 48.5 Å². The summed E-state index contributed by atoms with van der Waals surface area (Å²) in [5, 5.41) is 14.4. The average Bonchev–Trinajstić information content (AvgIpc) is 3.14. The lowest BCUT2D eigenvalue weighted by Crippen LogP contribution is -2.40. The highest BCUT2D eigenvalue weighted by atomic mass is 16.5. The molecule has 3 N–H and O–H groups in total. The van der Waals surface area contributed by atoms with Gasteiger partial charge in [-0.05, 0) is 41.5 Å². The van der Waals surface area contributed by atoms with Crippen molar-refractivity contribution in [1.29, 1.82) is 0 Å². The molecule has 7 heteroatoms. The average molecular weight is 467 g/mol. The first-order valence-corrected chi connectivity index (χ1v) is 12.1. The van der Waals surface area contributed by atoms with Crippen LogP contribution < -0.4 is 10.6 Å². The number of benzene rings is 2. The van der Waals surface area contributed by atoms with Crippen LogP contribution in [0.4, 0.5) is 4.79 Å². The Bertz CT molecular complexity index is 945. The molecule has 0 aromatic heterocycles. The van der Waals surface area contributed by atoms with Gasteiger partial charge in [0.1, 0.15) is 6.61 Å². The van der Waals surface area contributed by atoms with Crippen molar-refractivity contribution in [2.45, 2.75) is 63.8 Å². The Kier molecular flexibility index (Phi) is 9.50. The molecular formula is C27H34N2O5. The van der Waals surface area contributed by atoms with E-state index in [1.165, 1.54) is 11.1 Å². The summed E-state index contributed by atoms with van der Waals surface area (Å²) in [6.45, 7) is 2.72. The molecule has 2 aromatic rings. The first kappa shape index (κ1) is 25.3. The van der Waals surface area contributed by atoms with Crippen LogP contribution in [0.3, 0.4) is 0 Å². The van der Waals surface area contributed by atoms with Crippen molar-refractivity contribution in [3.63, 3.8) is 0 Å². The lowest BCUT2D eigenvalue weighted by Gasteiger charge is -2.20. The molecule has 0 heterocycles. The molecule has 0 spiro atoms. The summed E-state index contributed by atoms with van der Waals surface area (Å²) in [7, 11) is 0. The van der Waals surface area contributed by atoms with Crippen LogP contribution in [0.1, 0.15) is 68.9 Å².